The van der Waals surface area contributed by atoms with Crippen molar-refractivity contribution in [2.75, 3.05) is 26.7 Å². The standard InChI is InChI=1S/C8H16N2O.C2H6/c1-7(2)10-5-4-9(3)8(11)6-10;1-2/h7H,4-6H2,1-3H3;1-2H3. The highest BCUT2D eigenvalue weighted by Crippen LogP contribution is 2.04. The topological polar surface area (TPSA) is 23.6 Å². The van der Waals surface area contributed by atoms with Crippen LogP contribution < -0.4 is 0 Å². The van der Waals surface area contributed by atoms with Crippen LogP contribution in [0.15, 0.2) is 0 Å². The molecule has 0 aromatic carbocycles. The first-order valence-corrected chi connectivity index (χ1v) is 5.09. The van der Waals surface area contributed by atoms with Gasteiger partial charge in [0.2, 0.25) is 5.91 Å². The van der Waals surface area contributed by atoms with Crippen LogP contribution in [0.3, 0.4) is 0 Å². The van der Waals surface area contributed by atoms with Crippen LogP contribution in [0.4, 0.5) is 0 Å². The second-order valence-corrected chi connectivity index (χ2v) is 3.38. The smallest absolute Gasteiger partial charge is 0.236 e. The zero-order valence-electron chi connectivity index (χ0n) is 9.50. The molecular formula is C10H22N2O. The Morgan fingerprint density at radius 2 is 1.77 bits per heavy atom. The molecule has 1 aliphatic rings. The number of hydrogen-bond acceptors (Lipinski definition) is 2. The lowest BCUT2D eigenvalue weighted by molar-refractivity contribution is -0.135. The van der Waals surface area contributed by atoms with Crippen LogP contribution in [0.5, 0.6) is 0 Å². The molecule has 13 heavy (non-hydrogen) atoms. The predicted molar refractivity (Wildman–Crippen MR) is 55.7 cm³/mol. The van der Waals surface area contributed by atoms with Gasteiger partial charge in [-0.05, 0) is 13.8 Å². The third kappa shape index (κ3) is 3.77. The van der Waals surface area contributed by atoms with E-state index in [-0.39, 0.29) is 5.91 Å². The average Bonchev–Trinajstić information content (AvgIpc) is 2.13. The molecule has 0 bridgehead atoms. The van der Waals surface area contributed by atoms with Gasteiger partial charge in [0.1, 0.15) is 0 Å². The molecule has 1 amide bonds. The number of piperazine rings is 1. The molecule has 0 aliphatic carbocycles. The molecule has 0 radical (unpaired) electrons. The van der Waals surface area contributed by atoms with Crippen LogP contribution in [-0.4, -0.2) is 48.4 Å². The van der Waals surface area contributed by atoms with Gasteiger partial charge in [-0.25, -0.2) is 0 Å². The van der Waals surface area contributed by atoms with E-state index in [0.717, 1.165) is 13.1 Å². The van der Waals surface area contributed by atoms with Crippen LogP contribution in [0.25, 0.3) is 0 Å². The summed E-state index contributed by atoms with van der Waals surface area (Å²) >= 11 is 0. The first kappa shape index (κ1) is 12.4. The Morgan fingerprint density at radius 1 is 1.23 bits per heavy atom. The lowest BCUT2D eigenvalue weighted by atomic mass is 10.2. The van der Waals surface area contributed by atoms with Gasteiger partial charge in [0, 0.05) is 26.2 Å². The Labute approximate surface area is 81.7 Å². The van der Waals surface area contributed by atoms with Crippen molar-refractivity contribution in [3.05, 3.63) is 0 Å². The van der Waals surface area contributed by atoms with Crippen LogP contribution in [-0.2, 0) is 4.79 Å². The zero-order chi connectivity index (χ0) is 10.4. The van der Waals surface area contributed by atoms with Crippen LogP contribution in [0.1, 0.15) is 27.7 Å². The van der Waals surface area contributed by atoms with E-state index < -0.39 is 0 Å². The Morgan fingerprint density at radius 3 is 2.15 bits per heavy atom. The van der Waals surface area contributed by atoms with Crippen molar-refractivity contribution < 1.29 is 4.79 Å². The molecule has 1 heterocycles. The quantitative estimate of drug-likeness (QED) is 0.614. The van der Waals surface area contributed by atoms with Crippen molar-refractivity contribution in [2.24, 2.45) is 0 Å². The molecule has 1 rings (SSSR count). The minimum Gasteiger partial charge on any atom is -0.343 e. The molecule has 0 saturated carbocycles. The van der Waals surface area contributed by atoms with Gasteiger partial charge >= 0.3 is 0 Å². The van der Waals surface area contributed by atoms with Crippen molar-refractivity contribution in [1.82, 2.24) is 9.80 Å². The van der Waals surface area contributed by atoms with Gasteiger partial charge in [-0.15, -0.1) is 0 Å². The molecule has 3 heteroatoms. The first-order chi connectivity index (χ1) is 6.11. The molecule has 0 N–H and O–H groups in total. The van der Waals surface area contributed by atoms with Gasteiger partial charge in [-0.3, -0.25) is 9.69 Å². The highest BCUT2D eigenvalue weighted by Gasteiger charge is 2.21. The van der Waals surface area contributed by atoms with Gasteiger partial charge in [-0.1, -0.05) is 13.8 Å². The number of likely N-dealkylation sites (N-methyl/N-ethyl adjacent to an activating group) is 1. The number of rotatable bonds is 1. The molecule has 0 spiro atoms. The normalized spacial score (nSPS) is 18.6. The van der Waals surface area contributed by atoms with Gasteiger partial charge < -0.3 is 4.90 Å². The van der Waals surface area contributed by atoms with E-state index in [1.807, 2.05) is 20.9 Å². The molecule has 0 aromatic rings. The Balaban J connectivity index is 0.000000671. The lowest BCUT2D eigenvalue weighted by Gasteiger charge is -2.34. The van der Waals surface area contributed by atoms with E-state index in [1.165, 1.54) is 0 Å². The Hall–Kier alpha value is -0.570. The zero-order valence-corrected chi connectivity index (χ0v) is 9.50. The third-order valence-corrected chi connectivity index (χ3v) is 2.22. The van der Waals surface area contributed by atoms with Crippen LogP contribution in [0, 0.1) is 0 Å². The van der Waals surface area contributed by atoms with Gasteiger partial charge in [0.25, 0.3) is 0 Å². The fraction of sp³-hybridized carbons (Fsp3) is 0.900. The van der Waals surface area contributed by atoms with E-state index in [0.29, 0.717) is 12.6 Å². The number of hydrogen-bond donors (Lipinski definition) is 0. The summed E-state index contributed by atoms with van der Waals surface area (Å²) in [5.74, 6) is 0.241. The molecule has 1 saturated heterocycles. The van der Waals surface area contributed by atoms with Gasteiger partial charge in [-0.2, -0.15) is 0 Å². The van der Waals surface area contributed by atoms with Crippen LogP contribution >= 0.6 is 0 Å². The van der Waals surface area contributed by atoms with Crippen molar-refractivity contribution in [2.45, 2.75) is 33.7 Å². The average molecular weight is 186 g/mol. The fourth-order valence-electron chi connectivity index (χ4n) is 1.22. The summed E-state index contributed by atoms with van der Waals surface area (Å²) in [5, 5.41) is 0. The molecular weight excluding hydrogens is 164 g/mol. The summed E-state index contributed by atoms with van der Waals surface area (Å²) in [4.78, 5) is 15.2. The lowest BCUT2D eigenvalue weighted by Crippen LogP contribution is -2.50. The summed E-state index contributed by atoms with van der Waals surface area (Å²) in [6.07, 6.45) is 0. The second-order valence-electron chi connectivity index (χ2n) is 3.38. The highest BCUT2D eigenvalue weighted by atomic mass is 16.2. The summed E-state index contributed by atoms with van der Waals surface area (Å²) < 4.78 is 0. The second kappa shape index (κ2) is 5.97. The van der Waals surface area contributed by atoms with E-state index in [1.54, 1.807) is 4.90 Å². The van der Waals surface area contributed by atoms with Crippen molar-refractivity contribution in [3.8, 4) is 0 Å². The fourth-order valence-corrected chi connectivity index (χ4v) is 1.22. The minimum absolute atomic E-state index is 0.241. The summed E-state index contributed by atoms with van der Waals surface area (Å²) in [6, 6.07) is 0.493. The number of amides is 1. The highest BCUT2D eigenvalue weighted by molar-refractivity contribution is 5.78. The first-order valence-electron chi connectivity index (χ1n) is 5.09. The maximum atomic E-state index is 11.2. The van der Waals surface area contributed by atoms with E-state index in [4.69, 9.17) is 0 Å². The SMILES string of the molecule is CC.CC(C)N1CCN(C)C(=O)C1. The van der Waals surface area contributed by atoms with E-state index >= 15 is 0 Å². The molecule has 1 aliphatic heterocycles. The molecule has 3 nitrogen and oxygen atoms in total. The third-order valence-electron chi connectivity index (χ3n) is 2.22. The Bertz CT molecular complexity index is 157. The van der Waals surface area contributed by atoms with Crippen molar-refractivity contribution in [1.29, 1.82) is 0 Å². The van der Waals surface area contributed by atoms with Crippen LogP contribution in [0.2, 0.25) is 0 Å². The minimum atomic E-state index is 0.241. The largest absolute Gasteiger partial charge is 0.343 e. The summed E-state index contributed by atoms with van der Waals surface area (Å²) in [6.45, 7) is 10.7. The Kier molecular flexibility index (Phi) is 5.71. The monoisotopic (exact) mass is 186 g/mol. The number of carbonyl (C=O) groups excluding carboxylic acids is 1. The maximum Gasteiger partial charge on any atom is 0.236 e. The molecule has 0 unspecified atom stereocenters. The van der Waals surface area contributed by atoms with Gasteiger partial charge in [0.05, 0.1) is 6.54 Å². The summed E-state index contributed by atoms with van der Waals surface area (Å²) in [5.41, 5.74) is 0. The van der Waals surface area contributed by atoms with Crippen molar-refractivity contribution >= 4 is 5.91 Å². The van der Waals surface area contributed by atoms with Gasteiger partial charge in [0.15, 0.2) is 0 Å². The summed E-state index contributed by atoms with van der Waals surface area (Å²) in [7, 11) is 1.86. The van der Waals surface area contributed by atoms with E-state index in [2.05, 4.69) is 18.7 Å². The molecule has 78 valence electrons. The number of nitrogens with zero attached hydrogens (tertiary/aromatic N) is 2. The molecule has 0 aromatic heterocycles. The molecule has 0 atom stereocenters. The maximum absolute atomic E-state index is 11.2. The predicted octanol–water partition coefficient (Wildman–Crippen LogP) is 1.19. The number of carbonyl (C=O) groups is 1. The molecule has 1 fully saturated rings. The van der Waals surface area contributed by atoms with Crippen molar-refractivity contribution in [3.63, 3.8) is 0 Å². The van der Waals surface area contributed by atoms with E-state index in [9.17, 15) is 4.79 Å².